The summed E-state index contributed by atoms with van der Waals surface area (Å²) in [5.41, 5.74) is 3.01. The molecule has 0 spiro atoms. The van der Waals surface area contributed by atoms with Gasteiger partial charge in [-0.2, -0.15) is 0 Å². The summed E-state index contributed by atoms with van der Waals surface area (Å²) in [5, 5.41) is 0. The van der Waals surface area contributed by atoms with Crippen molar-refractivity contribution in [2.45, 2.75) is 45.7 Å². The van der Waals surface area contributed by atoms with Crippen molar-refractivity contribution in [2.24, 2.45) is 0 Å². The van der Waals surface area contributed by atoms with E-state index in [-0.39, 0.29) is 0 Å². The molecule has 0 unspecified atom stereocenters. The number of benzene rings is 1. The van der Waals surface area contributed by atoms with Crippen LogP contribution in [0.2, 0.25) is 0 Å². The molecule has 0 radical (unpaired) electrons. The third-order valence-corrected chi connectivity index (χ3v) is 4.55. The lowest BCUT2D eigenvalue weighted by Gasteiger charge is -2.46. The molecule has 1 aliphatic rings. The first kappa shape index (κ1) is 13.4. The highest BCUT2D eigenvalue weighted by molar-refractivity contribution is 5.47. The molecule has 1 heterocycles. The predicted octanol–water partition coefficient (Wildman–Crippen LogP) is 4.24. The van der Waals surface area contributed by atoms with Crippen LogP contribution in [0.15, 0.2) is 30.8 Å². The number of rotatable bonds is 3. The van der Waals surface area contributed by atoms with Gasteiger partial charge in [0.1, 0.15) is 6.54 Å². The van der Waals surface area contributed by atoms with Gasteiger partial charge >= 0.3 is 0 Å². The van der Waals surface area contributed by atoms with Crippen LogP contribution >= 0.6 is 0 Å². The van der Waals surface area contributed by atoms with Crippen LogP contribution in [0.25, 0.3) is 6.08 Å². The predicted molar refractivity (Wildman–Crippen MR) is 79.2 cm³/mol. The Morgan fingerprint density at radius 1 is 1.11 bits per heavy atom. The molecule has 0 amide bonds. The maximum Gasteiger partial charge on any atom is 0.105 e. The van der Waals surface area contributed by atoms with Crippen molar-refractivity contribution in [3.63, 3.8) is 0 Å². The Bertz CT molecular complexity index is 402. The third-order valence-electron chi connectivity index (χ3n) is 4.55. The summed E-state index contributed by atoms with van der Waals surface area (Å²) in [7, 11) is 0. The molecule has 0 atom stereocenters. The van der Waals surface area contributed by atoms with Gasteiger partial charge in [0.25, 0.3) is 0 Å². The van der Waals surface area contributed by atoms with Gasteiger partial charge in [-0.15, -0.1) is 0 Å². The fourth-order valence-electron chi connectivity index (χ4n) is 3.12. The lowest BCUT2D eigenvalue weighted by atomic mass is 10.00. The molecule has 1 aliphatic heterocycles. The van der Waals surface area contributed by atoms with Gasteiger partial charge in [0.15, 0.2) is 0 Å². The van der Waals surface area contributed by atoms with E-state index < -0.39 is 0 Å². The molecule has 98 valence electrons. The Morgan fingerprint density at radius 2 is 1.67 bits per heavy atom. The lowest BCUT2D eigenvalue weighted by Crippen LogP contribution is -2.57. The quantitative estimate of drug-likeness (QED) is 0.698. The van der Waals surface area contributed by atoms with E-state index in [1.807, 2.05) is 6.08 Å². The minimum atomic E-state index is 0.341. The van der Waals surface area contributed by atoms with E-state index in [9.17, 15) is 0 Å². The molecule has 1 aromatic carbocycles. The summed E-state index contributed by atoms with van der Waals surface area (Å²) in [6.45, 7) is 14.8. The number of likely N-dealkylation sites (tertiary alicyclic amines) is 1. The molecule has 2 rings (SSSR count). The number of hydrogen-bond acceptors (Lipinski definition) is 0. The maximum absolute atomic E-state index is 3.81. The SMILES string of the molecule is C=Cc1ccc(C[N+]2(C(C)(C)C)CCCC2)cc1. The summed E-state index contributed by atoms with van der Waals surface area (Å²) >= 11 is 0. The van der Waals surface area contributed by atoms with Crippen molar-refractivity contribution < 1.29 is 4.48 Å². The van der Waals surface area contributed by atoms with Crippen LogP contribution in [0.1, 0.15) is 44.7 Å². The Labute approximate surface area is 112 Å². The average molecular weight is 244 g/mol. The molecular formula is C17H26N+. The fourth-order valence-corrected chi connectivity index (χ4v) is 3.12. The van der Waals surface area contributed by atoms with Crippen LogP contribution in [-0.4, -0.2) is 23.1 Å². The second-order valence-electron chi connectivity index (χ2n) is 6.57. The van der Waals surface area contributed by atoms with E-state index in [4.69, 9.17) is 0 Å². The number of quaternary nitrogens is 1. The summed E-state index contributed by atoms with van der Waals surface area (Å²) in [6.07, 6.45) is 4.66. The van der Waals surface area contributed by atoms with Gasteiger partial charge in [-0.3, -0.25) is 0 Å². The van der Waals surface area contributed by atoms with Crippen molar-refractivity contribution >= 4 is 6.08 Å². The second-order valence-corrected chi connectivity index (χ2v) is 6.57. The van der Waals surface area contributed by atoms with Crippen molar-refractivity contribution in [1.29, 1.82) is 0 Å². The summed E-state index contributed by atoms with van der Waals surface area (Å²) in [6, 6.07) is 8.89. The molecule has 0 aromatic heterocycles. The zero-order valence-electron chi connectivity index (χ0n) is 12.1. The van der Waals surface area contributed by atoms with E-state index in [1.165, 1.54) is 48.1 Å². The van der Waals surface area contributed by atoms with E-state index in [2.05, 4.69) is 51.6 Å². The van der Waals surface area contributed by atoms with Gasteiger partial charge in [-0.25, -0.2) is 0 Å². The van der Waals surface area contributed by atoms with E-state index >= 15 is 0 Å². The van der Waals surface area contributed by atoms with Gasteiger partial charge in [-0.05, 0) is 26.3 Å². The Kier molecular flexibility index (Phi) is 3.63. The Morgan fingerprint density at radius 3 is 2.11 bits per heavy atom. The number of nitrogens with zero attached hydrogens (tertiary/aromatic N) is 1. The maximum atomic E-state index is 3.81. The highest BCUT2D eigenvalue weighted by atomic mass is 15.4. The molecular weight excluding hydrogens is 218 g/mol. The van der Waals surface area contributed by atoms with Crippen molar-refractivity contribution in [1.82, 2.24) is 0 Å². The van der Waals surface area contributed by atoms with E-state index in [0.717, 1.165) is 0 Å². The molecule has 0 N–H and O–H groups in total. The molecule has 0 bridgehead atoms. The van der Waals surface area contributed by atoms with Gasteiger partial charge in [0, 0.05) is 18.4 Å². The minimum absolute atomic E-state index is 0.341. The largest absolute Gasteiger partial charge is 0.316 e. The molecule has 18 heavy (non-hydrogen) atoms. The molecule has 1 fully saturated rings. The van der Waals surface area contributed by atoms with Crippen LogP contribution in [0.3, 0.4) is 0 Å². The normalized spacial score (nSPS) is 18.8. The van der Waals surface area contributed by atoms with Crippen LogP contribution in [0, 0.1) is 0 Å². The first-order valence-electron chi connectivity index (χ1n) is 7.04. The first-order chi connectivity index (χ1) is 8.47. The Balaban J connectivity index is 2.21. The monoisotopic (exact) mass is 244 g/mol. The van der Waals surface area contributed by atoms with Gasteiger partial charge in [-0.1, -0.05) is 36.9 Å². The third kappa shape index (κ3) is 2.51. The molecule has 1 heteroatoms. The number of hydrogen-bond donors (Lipinski definition) is 0. The zero-order valence-corrected chi connectivity index (χ0v) is 12.1. The van der Waals surface area contributed by atoms with Gasteiger partial charge in [0.2, 0.25) is 0 Å². The Hall–Kier alpha value is -1.08. The highest BCUT2D eigenvalue weighted by Crippen LogP contribution is 2.33. The molecule has 1 aromatic rings. The summed E-state index contributed by atoms with van der Waals surface area (Å²) in [5.74, 6) is 0. The first-order valence-corrected chi connectivity index (χ1v) is 7.04. The molecule has 1 nitrogen and oxygen atoms in total. The van der Waals surface area contributed by atoms with E-state index in [0.29, 0.717) is 5.54 Å². The molecule has 0 aliphatic carbocycles. The van der Waals surface area contributed by atoms with Crippen molar-refractivity contribution in [3.05, 3.63) is 42.0 Å². The van der Waals surface area contributed by atoms with Crippen molar-refractivity contribution in [3.8, 4) is 0 Å². The zero-order chi connectivity index (χ0) is 13.2. The minimum Gasteiger partial charge on any atom is -0.316 e. The van der Waals surface area contributed by atoms with Gasteiger partial charge < -0.3 is 4.48 Å². The average Bonchev–Trinajstić information content (AvgIpc) is 2.79. The smallest absolute Gasteiger partial charge is 0.105 e. The van der Waals surface area contributed by atoms with Crippen LogP contribution in [0.5, 0.6) is 0 Å². The summed E-state index contributed by atoms with van der Waals surface area (Å²) in [4.78, 5) is 0. The topological polar surface area (TPSA) is 0 Å². The summed E-state index contributed by atoms with van der Waals surface area (Å²) < 4.78 is 1.24. The fraction of sp³-hybridized carbons (Fsp3) is 0.529. The lowest BCUT2D eigenvalue weighted by molar-refractivity contribution is -0.972. The molecule has 1 saturated heterocycles. The van der Waals surface area contributed by atoms with Gasteiger partial charge in [0.05, 0.1) is 18.6 Å². The van der Waals surface area contributed by atoms with Crippen LogP contribution in [0.4, 0.5) is 0 Å². The van der Waals surface area contributed by atoms with Crippen molar-refractivity contribution in [2.75, 3.05) is 13.1 Å². The molecule has 0 saturated carbocycles. The standard InChI is InChI=1S/C17H26N/c1-5-15-8-10-16(11-9-15)14-18(17(2,3)4)12-6-7-13-18/h5,8-11H,1,6-7,12-14H2,2-4H3/q+1. The van der Waals surface area contributed by atoms with E-state index in [1.54, 1.807) is 0 Å². The van der Waals surface area contributed by atoms with Crippen LogP contribution in [-0.2, 0) is 6.54 Å². The second kappa shape index (κ2) is 4.89. The highest BCUT2D eigenvalue weighted by Gasteiger charge is 2.42. The van der Waals surface area contributed by atoms with Crippen LogP contribution < -0.4 is 0 Å².